The first-order chi connectivity index (χ1) is 9.33. The summed E-state index contributed by atoms with van der Waals surface area (Å²) in [5.74, 6) is -0.358. The minimum absolute atomic E-state index is 0.0472. The maximum atomic E-state index is 12.1. The second-order valence-corrected chi connectivity index (χ2v) is 7.42. The van der Waals surface area contributed by atoms with E-state index < -0.39 is 15.4 Å². The van der Waals surface area contributed by atoms with Crippen LogP contribution in [0.2, 0.25) is 0 Å². The highest BCUT2D eigenvalue weighted by molar-refractivity contribution is 7.91. The summed E-state index contributed by atoms with van der Waals surface area (Å²) in [4.78, 5) is 25.7. The molecule has 0 spiro atoms. The predicted molar refractivity (Wildman–Crippen MR) is 77.0 cm³/mol. The van der Waals surface area contributed by atoms with Gasteiger partial charge in [0.2, 0.25) is 11.8 Å². The van der Waals surface area contributed by atoms with Gasteiger partial charge in [-0.1, -0.05) is 20.8 Å². The van der Waals surface area contributed by atoms with E-state index in [9.17, 15) is 18.0 Å². The van der Waals surface area contributed by atoms with Crippen LogP contribution in [0.25, 0.3) is 0 Å². The molecule has 0 bridgehead atoms. The van der Waals surface area contributed by atoms with E-state index in [1.54, 1.807) is 6.92 Å². The summed E-state index contributed by atoms with van der Waals surface area (Å²) in [7, 11) is -3.16. The highest BCUT2D eigenvalue weighted by Crippen LogP contribution is 2.27. The fourth-order valence-corrected chi connectivity index (χ4v) is 4.00. The van der Waals surface area contributed by atoms with E-state index in [0.717, 1.165) is 0 Å². The first-order valence-corrected chi connectivity index (χ1v) is 8.94. The van der Waals surface area contributed by atoms with Crippen LogP contribution in [-0.2, 0) is 19.4 Å². The van der Waals surface area contributed by atoms with E-state index in [4.69, 9.17) is 0 Å². The Hall–Kier alpha value is -1.11. The van der Waals surface area contributed by atoms with Crippen LogP contribution < -0.4 is 5.32 Å². The second kappa shape index (κ2) is 6.56. The molecule has 0 unspecified atom stereocenters. The molecule has 116 valence electrons. The zero-order valence-corrected chi connectivity index (χ0v) is 13.3. The average Bonchev–Trinajstić information content (AvgIpc) is 2.40. The Bertz CT molecular complexity index is 469. The predicted octanol–water partition coefficient (Wildman–Crippen LogP) is 0.328. The molecule has 0 aromatic rings. The van der Waals surface area contributed by atoms with Gasteiger partial charge < -0.3 is 10.2 Å². The lowest BCUT2D eigenvalue weighted by Crippen LogP contribution is -2.67. The number of amides is 2. The van der Waals surface area contributed by atoms with Crippen molar-refractivity contribution in [1.29, 1.82) is 0 Å². The molecule has 0 atom stereocenters. The van der Waals surface area contributed by atoms with Gasteiger partial charge in [0, 0.05) is 12.3 Å². The van der Waals surface area contributed by atoms with Gasteiger partial charge >= 0.3 is 0 Å². The van der Waals surface area contributed by atoms with Gasteiger partial charge in [-0.15, -0.1) is 0 Å². The minimum atomic E-state index is -3.16. The maximum absolute atomic E-state index is 12.1. The van der Waals surface area contributed by atoms with Crippen molar-refractivity contribution in [1.82, 2.24) is 10.2 Å². The molecule has 1 N–H and O–H groups in total. The molecule has 20 heavy (non-hydrogen) atoms. The third-order valence-electron chi connectivity index (χ3n) is 3.95. The Labute approximate surface area is 120 Å². The minimum Gasteiger partial charge on any atom is -0.345 e. The number of piperazine rings is 1. The number of hydrogen-bond donors (Lipinski definition) is 1. The first-order valence-electron chi connectivity index (χ1n) is 7.12. The fourth-order valence-electron chi connectivity index (χ4n) is 2.71. The van der Waals surface area contributed by atoms with Crippen molar-refractivity contribution in [3.8, 4) is 0 Å². The summed E-state index contributed by atoms with van der Waals surface area (Å²) >= 11 is 0. The normalized spacial score (nSPS) is 19.1. The van der Waals surface area contributed by atoms with Crippen LogP contribution in [0.4, 0.5) is 0 Å². The fraction of sp³-hybridized carbons (Fsp3) is 0.846. The third-order valence-corrected chi connectivity index (χ3v) is 5.79. The molecule has 1 aliphatic heterocycles. The molecule has 0 radical (unpaired) electrons. The van der Waals surface area contributed by atoms with Gasteiger partial charge in [-0.05, 0) is 19.3 Å². The monoisotopic (exact) mass is 304 g/mol. The molecular weight excluding hydrogens is 280 g/mol. The van der Waals surface area contributed by atoms with Crippen molar-refractivity contribution in [3.05, 3.63) is 0 Å². The topological polar surface area (TPSA) is 83.6 Å². The number of hydrogen-bond acceptors (Lipinski definition) is 4. The molecule has 2 amide bonds. The van der Waals surface area contributed by atoms with E-state index in [2.05, 4.69) is 5.32 Å². The molecule has 1 fully saturated rings. The quantitative estimate of drug-likeness (QED) is 0.734. The Morgan fingerprint density at radius 3 is 2.25 bits per heavy atom. The Kier molecular flexibility index (Phi) is 5.56. The molecule has 1 heterocycles. The summed E-state index contributed by atoms with van der Waals surface area (Å²) < 4.78 is 23.6. The number of carbonyl (C=O) groups excluding carboxylic acids is 2. The molecule has 0 aromatic carbocycles. The van der Waals surface area contributed by atoms with E-state index in [-0.39, 0.29) is 36.4 Å². The lowest BCUT2D eigenvalue weighted by atomic mass is 9.87. The summed E-state index contributed by atoms with van der Waals surface area (Å²) in [5, 5.41) is 2.60. The van der Waals surface area contributed by atoms with E-state index in [1.165, 1.54) is 4.90 Å². The Morgan fingerprint density at radius 2 is 1.75 bits per heavy atom. The zero-order chi connectivity index (χ0) is 15.4. The van der Waals surface area contributed by atoms with Gasteiger partial charge in [0.05, 0.1) is 12.3 Å². The molecule has 1 aliphatic rings. The molecule has 0 saturated carbocycles. The first kappa shape index (κ1) is 16.9. The van der Waals surface area contributed by atoms with Gasteiger partial charge in [-0.25, -0.2) is 8.42 Å². The Morgan fingerprint density at radius 1 is 1.15 bits per heavy atom. The number of sulfone groups is 1. The Balaban J connectivity index is 2.93. The molecule has 0 aromatic heterocycles. The second-order valence-electron chi connectivity index (χ2n) is 5.12. The van der Waals surface area contributed by atoms with Crippen LogP contribution in [0.1, 0.15) is 40.0 Å². The number of carbonyl (C=O) groups is 2. The van der Waals surface area contributed by atoms with Gasteiger partial charge in [-0.2, -0.15) is 0 Å². The molecule has 7 heteroatoms. The SMILES string of the molecule is CCCS(=O)(=O)CCN1C(=O)CNC(=O)C1(CC)CC. The summed E-state index contributed by atoms with van der Waals surface area (Å²) in [6.45, 7) is 5.54. The van der Waals surface area contributed by atoms with Crippen molar-refractivity contribution in [3.63, 3.8) is 0 Å². The lowest BCUT2D eigenvalue weighted by molar-refractivity contribution is -0.154. The van der Waals surface area contributed by atoms with Crippen molar-refractivity contribution in [2.24, 2.45) is 0 Å². The highest BCUT2D eigenvalue weighted by Gasteiger charge is 2.46. The van der Waals surface area contributed by atoms with E-state index >= 15 is 0 Å². The molecule has 1 rings (SSSR count). The molecule has 0 aliphatic carbocycles. The molecule has 1 saturated heterocycles. The lowest BCUT2D eigenvalue weighted by Gasteiger charge is -2.45. The van der Waals surface area contributed by atoms with E-state index in [0.29, 0.717) is 19.3 Å². The molecular formula is C13H24N2O4S. The maximum Gasteiger partial charge on any atom is 0.246 e. The summed E-state index contributed by atoms with van der Waals surface area (Å²) in [6.07, 6.45) is 1.52. The van der Waals surface area contributed by atoms with Crippen molar-refractivity contribution in [2.75, 3.05) is 24.6 Å². The smallest absolute Gasteiger partial charge is 0.246 e. The van der Waals surface area contributed by atoms with Crippen LogP contribution in [0.3, 0.4) is 0 Å². The standard InChI is InChI=1S/C13H24N2O4S/c1-4-8-20(18,19)9-7-15-11(16)10-14-12(17)13(15,5-2)6-3/h4-10H2,1-3H3,(H,14,17). The van der Waals surface area contributed by atoms with Gasteiger partial charge in [-0.3, -0.25) is 9.59 Å². The van der Waals surface area contributed by atoms with E-state index in [1.807, 2.05) is 13.8 Å². The zero-order valence-electron chi connectivity index (χ0n) is 12.4. The molecule has 6 nitrogen and oxygen atoms in total. The van der Waals surface area contributed by atoms with Crippen LogP contribution in [0.5, 0.6) is 0 Å². The van der Waals surface area contributed by atoms with Gasteiger partial charge in [0.25, 0.3) is 0 Å². The highest BCUT2D eigenvalue weighted by atomic mass is 32.2. The number of rotatable bonds is 7. The van der Waals surface area contributed by atoms with Crippen molar-refractivity contribution < 1.29 is 18.0 Å². The van der Waals surface area contributed by atoms with Crippen LogP contribution in [-0.4, -0.2) is 55.3 Å². The summed E-state index contributed by atoms with van der Waals surface area (Å²) in [6, 6.07) is 0. The van der Waals surface area contributed by atoms with Crippen LogP contribution >= 0.6 is 0 Å². The number of nitrogens with zero attached hydrogens (tertiary/aromatic N) is 1. The summed E-state index contributed by atoms with van der Waals surface area (Å²) in [5.41, 5.74) is -0.906. The largest absolute Gasteiger partial charge is 0.345 e. The van der Waals surface area contributed by atoms with Gasteiger partial charge in [0.15, 0.2) is 9.84 Å². The number of nitrogens with one attached hydrogen (secondary N) is 1. The average molecular weight is 304 g/mol. The third kappa shape index (κ3) is 3.31. The van der Waals surface area contributed by atoms with Gasteiger partial charge in [0.1, 0.15) is 5.54 Å². The van der Waals surface area contributed by atoms with Crippen molar-refractivity contribution >= 4 is 21.7 Å². The van der Waals surface area contributed by atoms with Crippen LogP contribution in [0, 0.1) is 0 Å². The van der Waals surface area contributed by atoms with Crippen molar-refractivity contribution in [2.45, 2.75) is 45.6 Å². The van der Waals surface area contributed by atoms with Crippen LogP contribution in [0.15, 0.2) is 0 Å².